The Balaban J connectivity index is 3.07. The summed E-state index contributed by atoms with van der Waals surface area (Å²) in [4.78, 5) is 0. The summed E-state index contributed by atoms with van der Waals surface area (Å²) in [6.45, 7) is 0. The third kappa shape index (κ3) is 3.05. The van der Waals surface area contributed by atoms with Crippen molar-refractivity contribution < 1.29 is 9.47 Å². The monoisotopic (exact) mass is 114 g/mol. The normalized spacial score (nSPS) is 10.4. The molecule has 2 radical (unpaired) electrons. The highest BCUT2D eigenvalue weighted by molar-refractivity contribution is 6.08. The highest BCUT2D eigenvalue weighted by Gasteiger charge is 1.99. The fourth-order valence-electron chi connectivity index (χ4n) is 0.468. The van der Waals surface area contributed by atoms with Crippen LogP contribution in [-0.4, -0.2) is 28.4 Å². The fourth-order valence-corrected chi connectivity index (χ4v) is 0.468. The molecule has 0 fully saturated rings. The molecule has 0 unspecified atom stereocenters. The number of rotatable bonds is 4. The van der Waals surface area contributed by atoms with E-state index >= 15 is 0 Å². The van der Waals surface area contributed by atoms with E-state index in [0.29, 0.717) is 6.32 Å². The maximum atomic E-state index is 5.22. The molecule has 0 saturated heterocycles. The third-order valence-corrected chi connectivity index (χ3v) is 0.928. The molecule has 0 atom stereocenters. The number of ether oxygens (including phenoxy) is 2. The van der Waals surface area contributed by atoms with E-state index in [0.717, 1.165) is 6.42 Å². The van der Waals surface area contributed by atoms with Crippen LogP contribution in [0.5, 0.6) is 0 Å². The van der Waals surface area contributed by atoms with Gasteiger partial charge >= 0.3 is 0 Å². The molecule has 8 heavy (non-hydrogen) atoms. The quantitative estimate of drug-likeness (QED) is 0.393. The fraction of sp³-hybridized carbons (Fsp3) is 1.00. The van der Waals surface area contributed by atoms with Gasteiger partial charge in [-0.2, -0.15) is 0 Å². The summed E-state index contributed by atoms with van der Waals surface area (Å²) in [5, 5.41) is 0. The van der Waals surface area contributed by atoms with Gasteiger partial charge in [0.05, 0.1) is 7.85 Å². The summed E-state index contributed by atoms with van der Waals surface area (Å²) in [6, 6.07) is 0. The lowest BCUT2D eigenvalue weighted by Gasteiger charge is -2.10. The van der Waals surface area contributed by atoms with Crippen LogP contribution in [0.2, 0.25) is 6.32 Å². The minimum absolute atomic E-state index is 0.125. The standard InChI is InChI=1S/C5H11BO2/c1-7-5(8-2)3-4-6/h5H,3-4H2,1-2H3. The third-order valence-electron chi connectivity index (χ3n) is 0.928. The van der Waals surface area contributed by atoms with E-state index in [4.69, 9.17) is 17.3 Å². The second-order valence-electron chi connectivity index (χ2n) is 1.48. The molecule has 0 saturated carbocycles. The predicted molar refractivity (Wildman–Crippen MR) is 33.0 cm³/mol. The van der Waals surface area contributed by atoms with Gasteiger partial charge in [0.1, 0.15) is 0 Å². The van der Waals surface area contributed by atoms with Gasteiger partial charge < -0.3 is 9.47 Å². The van der Waals surface area contributed by atoms with E-state index in [2.05, 4.69) is 0 Å². The topological polar surface area (TPSA) is 18.5 Å². The van der Waals surface area contributed by atoms with Gasteiger partial charge in [-0.1, -0.05) is 6.32 Å². The molecule has 46 valence electrons. The molecule has 0 bridgehead atoms. The van der Waals surface area contributed by atoms with Gasteiger partial charge in [0.25, 0.3) is 0 Å². The molecule has 0 rings (SSSR count). The van der Waals surface area contributed by atoms with Crippen molar-refractivity contribution in [2.45, 2.75) is 19.0 Å². The minimum Gasteiger partial charge on any atom is -0.356 e. The molecular weight excluding hydrogens is 103 g/mol. The van der Waals surface area contributed by atoms with Gasteiger partial charge in [0, 0.05) is 14.2 Å². The zero-order valence-corrected chi connectivity index (χ0v) is 5.39. The lowest BCUT2D eigenvalue weighted by atomic mass is 10.0. The molecule has 0 aliphatic heterocycles. The lowest BCUT2D eigenvalue weighted by molar-refractivity contribution is -0.103. The Hall–Kier alpha value is -0.0151. The largest absolute Gasteiger partial charge is 0.356 e. The average molecular weight is 114 g/mol. The average Bonchev–Trinajstić information content (AvgIpc) is 1.83. The van der Waals surface area contributed by atoms with Crippen molar-refractivity contribution in [2.24, 2.45) is 0 Å². The number of methoxy groups -OCH3 is 2. The molecule has 0 heterocycles. The zero-order valence-electron chi connectivity index (χ0n) is 5.39. The smallest absolute Gasteiger partial charge is 0.156 e. The van der Waals surface area contributed by atoms with Crippen molar-refractivity contribution in [2.75, 3.05) is 14.2 Å². The molecule has 2 nitrogen and oxygen atoms in total. The van der Waals surface area contributed by atoms with Gasteiger partial charge in [-0.25, -0.2) is 0 Å². The van der Waals surface area contributed by atoms with E-state index in [1.54, 1.807) is 14.2 Å². The Kier molecular flexibility index (Phi) is 5.12. The first-order valence-electron chi connectivity index (χ1n) is 2.60. The molecule has 0 amide bonds. The van der Waals surface area contributed by atoms with Crippen LogP contribution >= 0.6 is 0 Å². The van der Waals surface area contributed by atoms with Gasteiger partial charge in [0.15, 0.2) is 6.29 Å². The van der Waals surface area contributed by atoms with Crippen LogP contribution in [0.4, 0.5) is 0 Å². The van der Waals surface area contributed by atoms with E-state index in [1.165, 1.54) is 0 Å². The Labute approximate surface area is 51.6 Å². The maximum Gasteiger partial charge on any atom is 0.156 e. The van der Waals surface area contributed by atoms with E-state index in [9.17, 15) is 0 Å². The highest BCUT2D eigenvalue weighted by atomic mass is 16.7. The molecule has 0 spiro atoms. The zero-order chi connectivity index (χ0) is 6.41. The van der Waals surface area contributed by atoms with E-state index in [1.807, 2.05) is 0 Å². The summed E-state index contributed by atoms with van der Waals surface area (Å²) in [5.41, 5.74) is 0. The molecule has 0 aromatic heterocycles. The van der Waals surface area contributed by atoms with Crippen LogP contribution in [0.1, 0.15) is 6.42 Å². The Morgan fingerprint density at radius 1 is 1.38 bits per heavy atom. The number of hydrogen-bond acceptors (Lipinski definition) is 2. The number of hydrogen-bond donors (Lipinski definition) is 0. The van der Waals surface area contributed by atoms with Crippen molar-refractivity contribution in [3.05, 3.63) is 0 Å². The van der Waals surface area contributed by atoms with Crippen molar-refractivity contribution in [1.29, 1.82) is 0 Å². The summed E-state index contributed by atoms with van der Waals surface area (Å²) in [7, 11) is 8.42. The van der Waals surface area contributed by atoms with Gasteiger partial charge in [-0.05, 0) is 6.42 Å². The van der Waals surface area contributed by atoms with Crippen molar-refractivity contribution in [3.63, 3.8) is 0 Å². The van der Waals surface area contributed by atoms with Crippen LogP contribution < -0.4 is 0 Å². The van der Waals surface area contributed by atoms with Crippen molar-refractivity contribution >= 4 is 7.85 Å². The molecular formula is C5H11BO2. The molecule has 0 aliphatic carbocycles. The Morgan fingerprint density at radius 3 is 2.00 bits per heavy atom. The van der Waals surface area contributed by atoms with Crippen LogP contribution in [-0.2, 0) is 9.47 Å². The second kappa shape index (κ2) is 5.13. The maximum absolute atomic E-state index is 5.22. The van der Waals surface area contributed by atoms with Crippen LogP contribution in [0.25, 0.3) is 0 Å². The lowest BCUT2D eigenvalue weighted by Crippen LogP contribution is -2.11. The van der Waals surface area contributed by atoms with Gasteiger partial charge in [-0.3, -0.25) is 0 Å². The SMILES string of the molecule is [B]CCC(OC)OC. The first-order chi connectivity index (χ1) is 3.85. The molecule has 0 aromatic carbocycles. The van der Waals surface area contributed by atoms with E-state index < -0.39 is 0 Å². The summed E-state index contributed by atoms with van der Waals surface area (Å²) < 4.78 is 9.68. The molecule has 3 heteroatoms. The molecule has 0 N–H and O–H groups in total. The first-order valence-corrected chi connectivity index (χ1v) is 2.60. The first kappa shape index (κ1) is 7.98. The summed E-state index contributed by atoms with van der Waals surface area (Å²) >= 11 is 0. The predicted octanol–water partition coefficient (Wildman–Crippen LogP) is 0.582. The van der Waals surface area contributed by atoms with Crippen molar-refractivity contribution in [1.82, 2.24) is 0 Å². The Morgan fingerprint density at radius 2 is 1.88 bits per heavy atom. The van der Waals surface area contributed by atoms with Crippen molar-refractivity contribution in [3.8, 4) is 0 Å². The second-order valence-corrected chi connectivity index (χ2v) is 1.48. The van der Waals surface area contributed by atoms with Gasteiger partial charge in [0.2, 0.25) is 0 Å². The van der Waals surface area contributed by atoms with Crippen LogP contribution in [0, 0.1) is 0 Å². The summed E-state index contributed by atoms with van der Waals surface area (Å²) in [5.74, 6) is 0. The van der Waals surface area contributed by atoms with E-state index in [-0.39, 0.29) is 6.29 Å². The summed E-state index contributed by atoms with van der Waals surface area (Å²) in [6.07, 6.45) is 1.24. The molecule has 0 aromatic rings. The Bertz CT molecular complexity index is 45.7. The van der Waals surface area contributed by atoms with Crippen LogP contribution in [0.15, 0.2) is 0 Å². The van der Waals surface area contributed by atoms with Crippen LogP contribution in [0.3, 0.4) is 0 Å². The minimum atomic E-state index is -0.125. The van der Waals surface area contributed by atoms with Gasteiger partial charge in [-0.15, -0.1) is 0 Å². The highest BCUT2D eigenvalue weighted by Crippen LogP contribution is 1.98. The molecule has 0 aliphatic rings.